The number of carbonyl (C=O) groups is 1. The summed E-state index contributed by atoms with van der Waals surface area (Å²) < 4.78 is 1.11. The minimum absolute atomic E-state index is 0.0977. The molecule has 1 N–H and O–H groups in total. The fraction of sp³-hybridized carbons (Fsp3) is 0.421. The quantitative estimate of drug-likeness (QED) is 0.828. The average molecular weight is 409 g/mol. The van der Waals surface area contributed by atoms with E-state index in [2.05, 4.69) is 15.3 Å². The summed E-state index contributed by atoms with van der Waals surface area (Å²) >= 11 is 12.5. The molecule has 1 aliphatic heterocycles. The summed E-state index contributed by atoms with van der Waals surface area (Å²) in [5.74, 6) is -0.386. The van der Waals surface area contributed by atoms with Gasteiger partial charge in [-0.1, -0.05) is 35.3 Å². The highest BCUT2D eigenvalue weighted by Crippen LogP contribution is 2.27. The highest BCUT2D eigenvalue weighted by atomic mass is 35.5. The SMILES string of the molecule is Cc1cccc(Cl)c1NC(=O)[C@H](C)n1ncc(N2CCCCC2)c(Cl)c1=O. The van der Waals surface area contributed by atoms with E-state index >= 15 is 0 Å². The van der Waals surface area contributed by atoms with Crippen molar-refractivity contribution in [3.63, 3.8) is 0 Å². The zero-order valence-corrected chi connectivity index (χ0v) is 16.8. The Kier molecular flexibility index (Phi) is 6.07. The van der Waals surface area contributed by atoms with Gasteiger partial charge < -0.3 is 10.2 Å². The molecule has 1 aromatic heterocycles. The number of nitrogens with zero attached hydrogens (tertiary/aromatic N) is 3. The molecule has 0 bridgehead atoms. The van der Waals surface area contributed by atoms with Crippen molar-refractivity contribution in [3.05, 3.63) is 50.4 Å². The van der Waals surface area contributed by atoms with Crippen molar-refractivity contribution < 1.29 is 4.79 Å². The number of nitrogens with one attached hydrogen (secondary N) is 1. The van der Waals surface area contributed by atoms with Crippen LogP contribution < -0.4 is 15.8 Å². The van der Waals surface area contributed by atoms with Crippen LogP contribution >= 0.6 is 23.2 Å². The molecule has 1 saturated heterocycles. The number of benzene rings is 1. The first-order valence-corrected chi connectivity index (χ1v) is 9.74. The van der Waals surface area contributed by atoms with Crippen molar-refractivity contribution in [2.24, 2.45) is 0 Å². The third-order valence-corrected chi connectivity index (χ3v) is 5.51. The van der Waals surface area contributed by atoms with E-state index in [1.165, 1.54) is 6.42 Å². The Balaban J connectivity index is 1.84. The van der Waals surface area contributed by atoms with Gasteiger partial charge >= 0.3 is 0 Å². The second-order valence-corrected chi connectivity index (χ2v) is 7.52. The van der Waals surface area contributed by atoms with Gasteiger partial charge in [0.15, 0.2) is 0 Å². The molecule has 0 aliphatic carbocycles. The third kappa shape index (κ3) is 4.12. The number of aryl methyl sites for hydroxylation is 1. The van der Waals surface area contributed by atoms with Gasteiger partial charge in [0.05, 0.1) is 22.6 Å². The number of hydrogen-bond acceptors (Lipinski definition) is 4. The number of hydrogen-bond donors (Lipinski definition) is 1. The van der Waals surface area contributed by atoms with Crippen molar-refractivity contribution >= 4 is 40.5 Å². The molecule has 144 valence electrons. The Morgan fingerprint density at radius 3 is 2.59 bits per heavy atom. The number of halogens is 2. The van der Waals surface area contributed by atoms with E-state index in [4.69, 9.17) is 23.2 Å². The van der Waals surface area contributed by atoms with Crippen molar-refractivity contribution in [2.45, 2.75) is 39.2 Å². The van der Waals surface area contributed by atoms with E-state index in [1.54, 1.807) is 19.2 Å². The van der Waals surface area contributed by atoms with Crippen LogP contribution in [0.3, 0.4) is 0 Å². The molecule has 1 fully saturated rings. The third-order valence-electron chi connectivity index (χ3n) is 4.84. The molecule has 1 aromatic carbocycles. The van der Waals surface area contributed by atoms with Crippen LogP contribution in [0.15, 0.2) is 29.2 Å². The predicted octanol–water partition coefficient (Wildman–Crippen LogP) is 4.05. The number of piperidine rings is 1. The molecular formula is C19H22Cl2N4O2. The number of anilines is 2. The summed E-state index contributed by atoms with van der Waals surface area (Å²) in [7, 11) is 0. The molecule has 0 unspecified atom stereocenters. The molecule has 1 aliphatic rings. The lowest BCUT2D eigenvalue weighted by molar-refractivity contribution is -0.119. The van der Waals surface area contributed by atoms with Crippen LogP contribution in [0.4, 0.5) is 11.4 Å². The number of amides is 1. The second-order valence-electron chi connectivity index (χ2n) is 6.74. The van der Waals surface area contributed by atoms with Gasteiger partial charge in [-0.05, 0) is 44.7 Å². The number of aromatic nitrogens is 2. The van der Waals surface area contributed by atoms with Crippen molar-refractivity contribution in [2.75, 3.05) is 23.3 Å². The number of para-hydroxylation sites is 1. The van der Waals surface area contributed by atoms with Gasteiger partial charge in [-0.3, -0.25) is 9.59 Å². The Hall–Kier alpha value is -2.05. The first-order chi connectivity index (χ1) is 12.9. The predicted molar refractivity (Wildman–Crippen MR) is 109 cm³/mol. The average Bonchev–Trinajstić information content (AvgIpc) is 2.67. The first kappa shape index (κ1) is 19.7. The summed E-state index contributed by atoms with van der Waals surface area (Å²) in [5, 5.41) is 7.52. The molecule has 1 atom stereocenters. The Bertz CT molecular complexity index is 887. The first-order valence-electron chi connectivity index (χ1n) is 8.98. The summed E-state index contributed by atoms with van der Waals surface area (Å²) in [4.78, 5) is 27.4. The highest BCUT2D eigenvalue weighted by Gasteiger charge is 2.23. The zero-order chi connectivity index (χ0) is 19.6. The molecule has 2 aromatic rings. The van der Waals surface area contributed by atoms with Crippen LogP contribution in [0, 0.1) is 6.92 Å². The maximum absolute atomic E-state index is 12.7. The Morgan fingerprint density at radius 2 is 1.93 bits per heavy atom. The van der Waals surface area contributed by atoms with Crippen molar-refractivity contribution in [3.8, 4) is 0 Å². The van der Waals surface area contributed by atoms with Crippen LogP contribution in [0.25, 0.3) is 0 Å². The van der Waals surface area contributed by atoms with Gasteiger partial charge in [-0.15, -0.1) is 0 Å². The highest BCUT2D eigenvalue weighted by molar-refractivity contribution is 6.34. The Labute approximate surface area is 168 Å². The zero-order valence-electron chi connectivity index (χ0n) is 15.3. The van der Waals surface area contributed by atoms with Gasteiger partial charge in [0, 0.05) is 13.1 Å². The van der Waals surface area contributed by atoms with Gasteiger partial charge in [0.1, 0.15) is 11.1 Å². The molecule has 6 nitrogen and oxygen atoms in total. The topological polar surface area (TPSA) is 67.2 Å². The molecule has 3 rings (SSSR count). The molecule has 1 amide bonds. The van der Waals surface area contributed by atoms with Gasteiger partial charge in [-0.25, -0.2) is 4.68 Å². The van der Waals surface area contributed by atoms with Crippen LogP contribution in [0.1, 0.15) is 37.8 Å². The van der Waals surface area contributed by atoms with E-state index in [0.29, 0.717) is 16.4 Å². The lowest BCUT2D eigenvalue weighted by Crippen LogP contribution is -2.36. The maximum Gasteiger partial charge on any atom is 0.288 e. The van der Waals surface area contributed by atoms with Gasteiger partial charge in [0.2, 0.25) is 5.91 Å². The summed E-state index contributed by atoms with van der Waals surface area (Å²) in [6.45, 7) is 5.16. The molecule has 0 spiro atoms. The number of rotatable bonds is 4. The van der Waals surface area contributed by atoms with Gasteiger partial charge in [0.25, 0.3) is 5.56 Å². The summed E-state index contributed by atoms with van der Waals surface area (Å²) in [6, 6.07) is 4.52. The molecular weight excluding hydrogens is 387 g/mol. The van der Waals surface area contributed by atoms with Crippen LogP contribution in [-0.4, -0.2) is 28.8 Å². The number of carbonyl (C=O) groups excluding carboxylic acids is 1. The van der Waals surface area contributed by atoms with Crippen LogP contribution in [0.2, 0.25) is 10.0 Å². The summed E-state index contributed by atoms with van der Waals surface area (Å²) in [5.41, 5.74) is 1.52. The smallest absolute Gasteiger partial charge is 0.288 e. The summed E-state index contributed by atoms with van der Waals surface area (Å²) in [6.07, 6.45) is 4.88. The standard InChI is InChI=1S/C19H22Cl2N4O2/c1-12-7-6-8-14(20)17(12)23-18(26)13(2)25-19(27)16(21)15(11-22-25)24-9-4-3-5-10-24/h6-8,11,13H,3-5,9-10H2,1-2H3,(H,23,26)/t13-/m0/s1. The second kappa shape index (κ2) is 8.31. The van der Waals surface area contributed by atoms with E-state index in [1.807, 2.05) is 19.1 Å². The van der Waals surface area contributed by atoms with E-state index < -0.39 is 11.6 Å². The van der Waals surface area contributed by atoms with Crippen molar-refractivity contribution in [1.82, 2.24) is 9.78 Å². The lowest BCUT2D eigenvalue weighted by atomic mass is 10.1. The minimum atomic E-state index is -0.832. The lowest BCUT2D eigenvalue weighted by Gasteiger charge is -2.29. The molecule has 0 radical (unpaired) electrons. The monoisotopic (exact) mass is 408 g/mol. The maximum atomic E-state index is 12.7. The fourth-order valence-electron chi connectivity index (χ4n) is 3.20. The largest absolute Gasteiger partial charge is 0.369 e. The van der Waals surface area contributed by atoms with E-state index in [0.717, 1.165) is 36.2 Å². The van der Waals surface area contributed by atoms with Crippen LogP contribution in [-0.2, 0) is 4.79 Å². The molecule has 8 heteroatoms. The fourth-order valence-corrected chi connectivity index (χ4v) is 3.72. The molecule has 0 saturated carbocycles. The van der Waals surface area contributed by atoms with Crippen molar-refractivity contribution in [1.29, 1.82) is 0 Å². The Morgan fingerprint density at radius 1 is 1.22 bits per heavy atom. The minimum Gasteiger partial charge on any atom is -0.369 e. The normalized spacial score (nSPS) is 15.5. The van der Waals surface area contributed by atoms with Crippen LogP contribution in [0.5, 0.6) is 0 Å². The van der Waals surface area contributed by atoms with E-state index in [9.17, 15) is 9.59 Å². The van der Waals surface area contributed by atoms with E-state index in [-0.39, 0.29) is 10.9 Å². The van der Waals surface area contributed by atoms with Gasteiger partial charge in [-0.2, -0.15) is 5.10 Å². The molecule has 2 heterocycles. The molecule has 27 heavy (non-hydrogen) atoms.